The van der Waals surface area contributed by atoms with Gasteiger partial charge >= 0.3 is 12.1 Å². The van der Waals surface area contributed by atoms with Gasteiger partial charge in [0, 0.05) is 12.0 Å². The highest BCUT2D eigenvalue weighted by atomic mass is 16.5. The molecule has 2 aliphatic carbocycles. The zero-order chi connectivity index (χ0) is 24.3. The molecule has 2 amide bonds. The van der Waals surface area contributed by atoms with Crippen LogP contribution in [0.25, 0.3) is 11.1 Å². The molecule has 0 bridgehead atoms. The summed E-state index contributed by atoms with van der Waals surface area (Å²) in [7, 11) is 0. The number of carboxylic acid groups (broad SMARTS) is 1. The number of nitrogens with one attached hydrogen (secondary N) is 2. The number of fused-ring (bicyclic) bond motifs is 3. The van der Waals surface area contributed by atoms with Crippen LogP contribution in [0.4, 0.5) is 4.79 Å². The molecule has 2 aromatic carbocycles. The maximum atomic E-state index is 12.9. The number of ether oxygens (including phenoxy) is 1. The molecule has 3 atom stereocenters. The van der Waals surface area contributed by atoms with Crippen LogP contribution in [-0.4, -0.2) is 53.5 Å². The molecule has 1 saturated carbocycles. The minimum atomic E-state index is -1.39. The Morgan fingerprint density at radius 1 is 1.06 bits per heavy atom. The molecule has 8 heteroatoms. The van der Waals surface area contributed by atoms with E-state index in [2.05, 4.69) is 22.8 Å². The molecule has 0 aliphatic heterocycles. The van der Waals surface area contributed by atoms with Crippen LogP contribution >= 0.6 is 0 Å². The minimum Gasteiger partial charge on any atom is -0.480 e. The van der Waals surface area contributed by atoms with Crippen molar-refractivity contribution in [3.8, 4) is 11.1 Å². The molecule has 34 heavy (non-hydrogen) atoms. The van der Waals surface area contributed by atoms with E-state index >= 15 is 0 Å². The number of benzene rings is 2. The maximum Gasteiger partial charge on any atom is 0.407 e. The van der Waals surface area contributed by atoms with Gasteiger partial charge in [0.2, 0.25) is 5.91 Å². The van der Waals surface area contributed by atoms with Crippen LogP contribution in [0.3, 0.4) is 0 Å². The normalized spacial score (nSPS) is 22.2. The topological polar surface area (TPSA) is 125 Å². The Bertz CT molecular complexity index is 1040. The molecular weight excluding hydrogens is 436 g/mol. The highest BCUT2D eigenvalue weighted by molar-refractivity contribution is 5.88. The Labute approximate surface area is 198 Å². The van der Waals surface area contributed by atoms with E-state index in [1.54, 1.807) is 6.92 Å². The summed E-state index contributed by atoms with van der Waals surface area (Å²) in [6.07, 6.45) is 2.07. The predicted octanol–water partition coefficient (Wildman–Crippen LogP) is 3.04. The number of hydrogen-bond acceptors (Lipinski definition) is 5. The third kappa shape index (κ3) is 4.50. The molecule has 2 unspecified atom stereocenters. The number of rotatable bonds is 7. The van der Waals surface area contributed by atoms with E-state index in [-0.39, 0.29) is 12.5 Å². The van der Waals surface area contributed by atoms with Gasteiger partial charge in [-0.3, -0.25) is 4.79 Å². The SMILES string of the molecule is CC1(C(=O)N[C@@H](CO)C(=O)O)CCCCC1NC(=O)OCC1c2ccccc2-c2ccccc21. The summed E-state index contributed by atoms with van der Waals surface area (Å²) in [5.41, 5.74) is 3.50. The average molecular weight is 467 g/mol. The maximum absolute atomic E-state index is 12.9. The Morgan fingerprint density at radius 2 is 1.68 bits per heavy atom. The largest absolute Gasteiger partial charge is 0.480 e. The van der Waals surface area contributed by atoms with Crippen LogP contribution < -0.4 is 10.6 Å². The lowest BCUT2D eigenvalue weighted by Crippen LogP contribution is -2.58. The van der Waals surface area contributed by atoms with Gasteiger partial charge in [-0.25, -0.2) is 9.59 Å². The lowest BCUT2D eigenvalue weighted by atomic mass is 9.71. The Kier molecular flexibility index (Phi) is 6.88. The van der Waals surface area contributed by atoms with Crippen molar-refractivity contribution in [2.24, 2.45) is 5.41 Å². The third-order valence-corrected chi connectivity index (χ3v) is 7.15. The molecule has 0 heterocycles. The van der Waals surface area contributed by atoms with E-state index in [1.807, 2.05) is 36.4 Å². The highest BCUT2D eigenvalue weighted by Crippen LogP contribution is 2.44. The van der Waals surface area contributed by atoms with Crippen LogP contribution in [-0.2, 0) is 14.3 Å². The lowest BCUT2D eigenvalue weighted by Gasteiger charge is -2.40. The molecule has 4 rings (SSSR count). The van der Waals surface area contributed by atoms with Gasteiger partial charge in [-0.05, 0) is 42.0 Å². The summed E-state index contributed by atoms with van der Waals surface area (Å²) in [6.45, 7) is 1.18. The number of amides is 2. The molecule has 2 aromatic rings. The van der Waals surface area contributed by atoms with Crippen molar-refractivity contribution in [1.29, 1.82) is 0 Å². The second kappa shape index (κ2) is 9.85. The first-order valence-electron chi connectivity index (χ1n) is 11.6. The van der Waals surface area contributed by atoms with Crippen molar-refractivity contribution in [2.45, 2.75) is 50.6 Å². The average Bonchev–Trinajstić information content (AvgIpc) is 3.16. The molecule has 180 valence electrons. The molecule has 2 aliphatic rings. The summed E-state index contributed by atoms with van der Waals surface area (Å²) in [6, 6.07) is 14.3. The lowest BCUT2D eigenvalue weighted by molar-refractivity contribution is -0.145. The zero-order valence-corrected chi connectivity index (χ0v) is 19.1. The third-order valence-electron chi connectivity index (χ3n) is 7.15. The van der Waals surface area contributed by atoms with Crippen molar-refractivity contribution in [1.82, 2.24) is 10.6 Å². The van der Waals surface area contributed by atoms with Crippen LogP contribution in [0.1, 0.15) is 49.7 Å². The Morgan fingerprint density at radius 3 is 2.26 bits per heavy atom. The molecule has 4 N–H and O–H groups in total. The minimum absolute atomic E-state index is 0.0694. The summed E-state index contributed by atoms with van der Waals surface area (Å²) < 4.78 is 5.64. The van der Waals surface area contributed by atoms with Crippen LogP contribution in [0, 0.1) is 5.41 Å². The number of aliphatic hydroxyl groups is 1. The van der Waals surface area contributed by atoms with Gasteiger partial charge in [0.05, 0.1) is 12.0 Å². The number of carboxylic acids is 1. The van der Waals surface area contributed by atoms with Gasteiger partial charge in [-0.2, -0.15) is 0 Å². The van der Waals surface area contributed by atoms with Crippen molar-refractivity contribution < 1.29 is 29.3 Å². The number of hydrogen-bond donors (Lipinski definition) is 4. The monoisotopic (exact) mass is 466 g/mol. The number of aliphatic hydroxyl groups excluding tert-OH is 1. The van der Waals surface area contributed by atoms with Gasteiger partial charge in [0.25, 0.3) is 0 Å². The van der Waals surface area contributed by atoms with E-state index in [4.69, 9.17) is 9.84 Å². The smallest absolute Gasteiger partial charge is 0.407 e. The standard InChI is InChI=1S/C26H30N2O6/c1-26(24(32)27-21(14-29)23(30)31)13-7-6-12-22(26)28-25(33)34-15-20-18-10-4-2-8-16(18)17-9-3-5-11-19(17)20/h2-5,8-11,20-22,29H,6-7,12-15H2,1H3,(H,27,32)(H,28,33)(H,30,31)/t21-,22?,26?/m0/s1. The zero-order valence-electron chi connectivity index (χ0n) is 19.1. The van der Waals surface area contributed by atoms with Gasteiger partial charge in [0.1, 0.15) is 12.6 Å². The van der Waals surface area contributed by atoms with E-state index in [0.29, 0.717) is 12.8 Å². The fraction of sp³-hybridized carbons (Fsp3) is 0.423. The van der Waals surface area contributed by atoms with E-state index in [9.17, 15) is 19.5 Å². The second-order valence-electron chi connectivity index (χ2n) is 9.23. The number of aliphatic carboxylic acids is 1. The quantitative estimate of drug-likeness (QED) is 0.497. The van der Waals surface area contributed by atoms with Gasteiger partial charge in [0.15, 0.2) is 0 Å². The summed E-state index contributed by atoms with van der Waals surface area (Å²) in [5, 5.41) is 23.7. The van der Waals surface area contributed by atoms with Gasteiger partial charge < -0.3 is 25.6 Å². The van der Waals surface area contributed by atoms with E-state index in [0.717, 1.165) is 35.1 Å². The number of carbonyl (C=O) groups is 3. The van der Waals surface area contributed by atoms with Crippen molar-refractivity contribution in [2.75, 3.05) is 13.2 Å². The molecule has 0 saturated heterocycles. The molecule has 0 aromatic heterocycles. The number of alkyl carbamates (subject to hydrolysis) is 1. The summed E-state index contributed by atoms with van der Waals surface area (Å²) >= 11 is 0. The van der Waals surface area contributed by atoms with Crippen LogP contribution in [0.2, 0.25) is 0 Å². The fourth-order valence-electron chi connectivity index (χ4n) is 5.13. The summed E-state index contributed by atoms with van der Waals surface area (Å²) in [5.74, 6) is -1.88. The predicted molar refractivity (Wildman–Crippen MR) is 125 cm³/mol. The first-order chi connectivity index (χ1) is 16.3. The first kappa shape index (κ1) is 23.8. The molecule has 0 radical (unpaired) electrons. The van der Waals surface area contributed by atoms with Crippen LogP contribution in [0.15, 0.2) is 48.5 Å². The van der Waals surface area contributed by atoms with Crippen molar-refractivity contribution >= 4 is 18.0 Å². The molecule has 8 nitrogen and oxygen atoms in total. The second-order valence-corrected chi connectivity index (χ2v) is 9.23. The summed E-state index contributed by atoms with van der Waals surface area (Å²) in [4.78, 5) is 37.0. The van der Waals surface area contributed by atoms with Crippen molar-refractivity contribution in [3.63, 3.8) is 0 Å². The molecule has 0 spiro atoms. The molecule has 1 fully saturated rings. The first-order valence-corrected chi connectivity index (χ1v) is 11.6. The van der Waals surface area contributed by atoms with Crippen LogP contribution in [0.5, 0.6) is 0 Å². The molecular formula is C26H30N2O6. The Balaban J connectivity index is 1.43. The van der Waals surface area contributed by atoms with Crippen molar-refractivity contribution in [3.05, 3.63) is 59.7 Å². The van der Waals surface area contributed by atoms with E-state index in [1.165, 1.54) is 0 Å². The highest BCUT2D eigenvalue weighted by Gasteiger charge is 2.45. The van der Waals surface area contributed by atoms with Gasteiger partial charge in [-0.1, -0.05) is 61.4 Å². The fourth-order valence-corrected chi connectivity index (χ4v) is 5.13. The number of carbonyl (C=O) groups excluding carboxylic acids is 2. The Hall–Kier alpha value is -3.39. The van der Waals surface area contributed by atoms with E-state index < -0.39 is 42.1 Å². The van der Waals surface area contributed by atoms with Gasteiger partial charge in [-0.15, -0.1) is 0 Å².